The van der Waals surface area contributed by atoms with Crippen molar-refractivity contribution in [3.05, 3.63) is 12.2 Å². The third kappa shape index (κ3) is 5.65. The zero-order valence-electron chi connectivity index (χ0n) is 20.8. The van der Waals surface area contributed by atoms with E-state index in [9.17, 15) is 0 Å². The van der Waals surface area contributed by atoms with Gasteiger partial charge in [0.25, 0.3) is 0 Å². The summed E-state index contributed by atoms with van der Waals surface area (Å²) in [5, 5.41) is 0. The van der Waals surface area contributed by atoms with Crippen LogP contribution in [0.1, 0.15) is 101 Å². The first-order valence-electron chi connectivity index (χ1n) is 12.0. The summed E-state index contributed by atoms with van der Waals surface area (Å²) in [6.07, 6.45) is 13.8. The van der Waals surface area contributed by atoms with E-state index in [1.54, 1.807) is 12.8 Å². The van der Waals surface area contributed by atoms with Crippen molar-refractivity contribution in [2.45, 2.75) is 107 Å². The van der Waals surface area contributed by atoms with Crippen molar-refractivity contribution in [3.63, 3.8) is 0 Å². The second kappa shape index (κ2) is 8.83. The maximum Gasteiger partial charge on any atom is 0.0624 e. The van der Waals surface area contributed by atoms with Crippen LogP contribution in [-0.2, 0) is 4.74 Å². The lowest BCUT2D eigenvalue weighted by molar-refractivity contribution is -0.0106. The van der Waals surface area contributed by atoms with E-state index in [2.05, 4.69) is 74.5 Å². The lowest BCUT2D eigenvalue weighted by atomic mass is 9.64. The molecule has 0 heterocycles. The molecule has 0 saturated heterocycles. The number of allylic oxidation sites excluding steroid dienone is 2. The molecule has 28 heavy (non-hydrogen) atoms. The highest BCUT2D eigenvalue weighted by molar-refractivity contribution is 5.15. The molecule has 0 aromatic carbocycles. The lowest BCUT2D eigenvalue weighted by Gasteiger charge is -2.41. The van der Waals surface area contributed by atoms with Gasteiger partial charge in [0.1, 0.15) is 0 Å². The fourth-order valence-corrected chi connectivity index (χ4v) is 6.57. The average Bonchev–Trinajstić information content (AvgIpc) is 3.23. The molecule has 1 heteroatoms. The van der Waals surface area contributed by atoms with Gasteiger partial charge in [-0.25, -0.2) is 0 Å². The van der Waals surface area contributed by atoms with Crippen LogP contribution in [0.3, 0.4) is 0 Å². The first-order valence-corrected chi connectivity index (χ1v) is 12.0. The Morgan fingerprint density at radius 2 is 1.61 bits per heavy atom. The molecule has 6 unspecified atom stereocenters. The Balaban J connectivity index is 0.000000211. The second-order valence-electron chi connectivity index (χ2n) is 13.0. The van der Waals surface area contributed by atoms with Gasteiger partial charge >= 0.3 is 0 Å². The molecule has 0 N–H and O–H groups in total. The van der Waals surface area contributed by atoms with Crippen LogP contribution in [0.15, 0.2) is 12.2 Å². The smallest absolute Gasteiger partial charge is 0.0624 e. The molecule has 2 fully saturated rings. The maximum absolute atomic E-state index is 5.49. The van der Waals surface area contributed by atoms with E-state index in [0.717, 1.165) is 36.0 Å². The molecule has 6 atom stereocenters. The first-order chi connectivity index (χ1) is 12.8. The van der Waals surface area contributed by atoms with Crippen LogP contribution in [0.4, 0.5) is 0 Å². The summed E-state index contributed by atoms with van der Waals surface area (Å²) in [4.78, 5) is 0. The van der Waals surface area contributed by atoms with Crippen LogP contribution in [0.5, 0.6) is 0 Å². The van der Waals surface area contributed by atoms with Gasteiger partial charge in [-0.15, -0.1) is 0 Å². The average molecular weight is 391 g/mol. The minimum atomic E-state index is 0.252. The van der Waals surface area contributed by atoms with Gasteiger partial charge in [0.15, 0.2) is 0 Å². The highest BCUT2D eigenvalue weighted by atomic mass is 16.5. The normalized spacial score (nSPS) is 32.9. The number of rotatable bonds is 5. The van der Waals surface area contributed by atoms with Crippen molar-refractivity contribution < 1.29 is 4.74 Å². The molecule has 0 aliphatic heterocycles. The molecule has 164 valence electrons. The van der Waals surface area contributed by atoms with Crippen LogP contribution >= 0.6 is 0 Å². The molecule has 0 radical (unpaired) electrons. The minimum Gasteiger partial charge on any atom is -0.381 e. The summed E-state index contributed by atoms with van der Waals surface area (Å²) in [6, 6.07) is 0. The van der Waals surface area contributed by atoms with Gasteiger partial charge in [-0.05, 0) is 77.9 Å². The number of methoxy groups -OCH3 is 1. The van der Waals surface area contributed by atoms with Crippen LogP contribution in [0.2, 0.25) is 0 Å². The van der Waals surface area contributed by atoms with Crippen LogP contribution in [-0.4, -0.2) is 13.2 Å². The summed E-state index contributed by atoms with van der Waals surface area (Å²) >= 11 is 0. The van der Waals surface area contributed by atoms with Crippen molar-refractivity contribution in [3.8, 4) is 0 Å². The fourth-order valence-electron chi connectivity index (χ4n) is 6.57. The molecule has 3 rings (SSSR count). The zero-order chi connectivity index (χ0) is 21.3. The molecule has 0 spiro atoms. The maximum atomic E-state index is 5.49. The summed E-state index contributed by atoms with van der Waals surface area (Å²) in [5.74, 6) is 5.15. The first kappa shape index (κ1) is 24.0. The van der Waals surface area contributed by atoms with Crippen LogP contribution in [0.25, 0.3) is 0 Å². The predicted octanol–water partition coefficient (Wildman–Crippen LogP) is 8.14. The van der Waals surface area contributed by atoms with Crippen LogP contribution in [0, 0.1) is 45.8 Å². The Labute approximate surface area is 177 Å². The highest BCUT2D eigenvalue weighted by Gasteiger charge is 2.55. The monoisotopic (exact) mass is 390 g/mol. The largest absolute Gasteiger partial charge is 0.381 e. The van der Waals surface area contributed by atoms with E-state index < -0.39 is 0 Å². The molecule has 3 aliphatic rings. The lowest BCUT2D eigenvalue weighted by Crippen LogP contribution is -2.34. The zero-order valence-corrected chi connectivity index (χ0v) is 20.8. The second-order valence-corrected chi connectivity index (χ2v) is 13.0. The van der Waals surface area contributed by atoms with Crippen molar-refractivity contribution in [1.82, 2.24) is 0 Å². The third-order valence-electron chi connectivity index (χ3n) is 7.96. The predicted molar refractivity (Wildman–Crippen MR) is 123 cm³/mol. The molecular weight excluding hydrogens is 340 g/mol. The molecular formula is C27H50O. The van der Waals surface area contributed by atoms with Gasteiger partial charge in [-0.2, -0.15) is 0 Å². The fraction of sp³-hybridized carbons (Fsp3) is 0.926. The van der Waals surface area contributed by atoms with Crippen molar-refractivity contribution in [1.29, 1.82) is 0 Å². The van der Waals surface area contributed by atoms with Gasteiger partial charge < -0.3 is 4.74 Å². The SMILES string of the molecule is CCCC(C)(C)C1CC2CC1C1C=CCC21.COC(CC(C)(C)C)C(C)(C)C. The van der Waals surface area contributed by atoms with Crippen LogP contribution < -0.4 is 0 Å². The molecule has 2 bridgehead atoms. The highest BCUT2D eigenvalue weighted by Crippen LogP contribution is 2.63. The molecule has 3 aliphatic carbocycles. The Hall–Kier alpha value is -0.300. The topological polar surface area (TPSA) is 9.23 Å². The Morgan fingerprint density at radius 1 is 0.964 bits per heavy atom. The van der Waals surface area contributed by atoms with E-state index in [4.69, 9.17) is 4.74 Å². The van der Waals surface area contributed by atoms with Gasteiger partial charge in [0, 0.05) is 7.11 Å². The van der Waals surface area contributed by atoms with Gasteiger partial charge in [-0.3, -0.25) is 0 Å². The van der Waals surface area contributed by atoms with E-state index in [0.29, 0.717) is 16.9 Å². The summed E-state index contributed by atoms with van der Waals surface area (Å²) in [7, 11) is 1.81. The van der Waals surface area contributed by atoms with Gasteiger partial charge in [-0.1, -0.05) is 80.9 Å². The summed E-state index contributed by atoms with van der Waals surface area (Å²) in [6.45, 7) is 20.8. The van der Waals surface area contributed by atoms with E-state index >= 15 is 0 Å². The molecule has 1 nitrogen and oxygen atoms in total. The number of ether oxygens (including phenoxy) is 1. The molecule has 0 amide bonds. The molecule has 0 aromatic heterocycles. The number of hydrogen-bond donors (Lipinski definition) is 0. The Bertz CT molecular complexity index is 515. The number of hydrogen-bond acceptors (Lipinski definition) is 1. The molecule has 0 aromatic rings. The standard InChI is InChI=1S/C16H26.C11H24O/c1-4-8-16(2,3)15-10-11-9-14(15)13-7-5-6-12(11)13;1-10(2,3)8-9(12-7)11(4,5)6/h5,7,11-15H,4,6,8-10H2,1-3H3;9H,8H2,1-7H3. The summed E-state index contributed by atoms with van der Waals surface area (Å²) in [5.41, 5.74) is 1.20. The van der Waals surface area contributed by atoms with Gasteiger partial charge in [0.2, 0.25) is 0 Å². The van der Waals surface area contributed by atoms with Crippen molar-refractivity contribution in [2.24, 2.45) is 45.8 Å². The summed E-state index contributed by atoms with van der Waals surface area (Å²) < 4.78 is 5.49. The van der Waals surface area contributed by atoms with E-state index in [1.807, 2.05) is 7.11 Å². The third-order valence-corrected chi connectivity index (χ3v) is 7.96. The quantitative estimate of drug-likeness (QED) is 0.430. The van der Waals surface area contributed by atoms with Crippen molar-refractivity contribution >= 4 is 0 Å². The van der Waals surface area contributed by atoms with E-state index in [1.165, 1.54) is 19.3 Å². The van der Waals surface area contributed by atoms with Gasteiger partial charge in [0.05, 0.1) is 6.10 Å². The Morgan fingerprint density at radius 3 is 2.07 bits per heavy atom. The number of fused-ring (bicyclic) bond motifs is 5. The Kier molecular flexibility index (Phi) is 7.56. The molecule has 2 saturated carbocycles. The van der Waals surface area contributed by atoms with E-state index in [-0.39, 0.29) is 5.41 Å². The van der Waals surface area contributed by atoms with Crippen molar-refractivity contribution in [2.75, 3.05) is 7.11 Å². The minimum absolute atomic E-state index is 0.252.